The molecular formula is C19H14FN7O2. The van der Waals surface area contributed by atoms with E-state index in [-0.39, 0.29) is 11.4 Å². The van der Waals surface area contributed by atoms with Crippen LogP contribution in [0.5, 0.6) is 0 Å². The van der Waals surface area contributed by atoms with Gasteiger partial charge in [0.25, 0.3) is 5.91 Å². The molecule has 9 nitrogen and oxygen atoms in total. The highest BCUT2D eigenvalue weighted by atomic mass is 19.1. The third-order valence-electron chi connectivity index (χ3n) is 4.12. The van der Waals surface area contributed by atoms with E-state index in [1.807, 2.05) is 0 Å². The normalized spacial score (nSPS) is 10.7. The van der Waals surface area contributed by atoms with E-state index in [1.165, 1.54) is 33.9 Å². The van der Waals surface area contributed by atoms with Crippen LogP contribution in [-0.4, -0.2) is 35.9 Å². The van der Waals surface area contributed by atoms with E-state index in [1.54, 1.807) is 43.3 Å². The molecule has 0 fully saturated rings. The Balaban J connectivity index is 1.68. The highest BCUT2D eigenvalue weighted by molar-refractivity contribution is 6.02. The number of halogens is 1. The molecule has 0 radical (unpaired) electrons. The third kappa shape index (κ3) is 3.63. The van der Waals surface area contributed by atoms with Crippen molar-refractivity contribution in [3.63, 3.8) is 0 Å². The van der Waals surface area contributed by atoms with E-state index >= 15 is 0 Å². The van der Waals surface area contributed by atoms with Crippen LogP contribution in [0, 0.1) is 12.7 Å². The third-order valence-corrected chi connectivity index (χ3v) is 4.12. The molecule has 0 saturated carbocycles. The number of hydrogen-bond acceptors (Lipinski definition) is 6. The number of anilines is 1. The SMILES string of the molecule is Cc1cc(=O)c(C(=O)Nc2cccc(-n3cnnn3)c2)nn1-c1ccccc1F. The van der Waals surface area contributed by atoms with Crippen molar-refractivity contribution in [2.75, 3.05) is 5.32 Å². The number of aryl methyl sites for hydroxylation is 1. The Bertz CT molecular complexity index is 1250. The zero-order valence-corrected chi connectivity index (χ0v) is 15.2. The molecule has 0 atom stereocenters. The first-order chi connectivity index (χ1) is 14.0. The number of nitrogens with one attached hydrogen (secondary N) is 1. The fourth-order valence-electron chi connectivity index (χ4n) is 2.77. The average Bonchev–Trinajstić information content (AvgIpc) is 3.24. The Morgan fingerprint density at radius 3 is 2.69 bits per heavy atom. The minimum absolute atomic E-state index is 0.139. The first kappa shape index (κ1) is 18.2. The smallest absolute Gasteiger partial charge is 0.280 e. The molecule has 1 amide bonds. The van der Waals surface area contributed by atoms with Gasteiger partial charge in [-0.2, -0.15) is 5.10 Å². The molecule has 144 valence electrons. The number of hydrogen-bond donors (Lipinski definition) is 1. The summed E-state index contributed by atoms with van der Waals surface area (Å²) in [6, 6.07) is 14.0. The van der Waals surface area contributed by atoms with Crippen molar-refractivity contribution in [3.05, 3.63) is 88.4 Å². The van der Waals surface area contributed by atoms with E-state index < -0.39 is 17.2 Å². The van der Waals surface area contributed by atoms with Crippen molar-refractivity contribution in [2.24, 2.45) is 0 Å². The zero-order chi connectivity index (χ0) is 20.4. The van der Waals surface area contributed by atoms with E-state index in [0.29, 0.717) is 17.1 Å². The van der Waals surface area contributed by atoms with Crippen LogP contribution in [0.2, 0.25) is 0 Å². The van der Waals surface area contributed by atoms with Crippen molar-refractivity contribution in [1.29, 1.82) is 0 Å². The van der Waals surface area contributed by atoms with E-state index in [2.05, 4.69) is 25.9 Å². The average molecular weight is 391 g/mol. The Hall–Kier alpha value is -4.21. The van der Waals surface area contributed by atoms with Crippen molar-refractivity contribution < 1.29 is 9.18 Å². The van der Waals surface area contributed by atoms with Crippen LogP contribution in [0.15, 0.2) is 65.7 Å². The first-order valence-corrected chi connectivity index (χ1v) is 8.53. The van der Waals surface area contributed by atoms with Crippen LogP contribution in [0.25, 0.3) is 11.4 Å². The van der Waals surface area contributed by atoms with E-state index in [0.717, 1.165) is 0 Å². The molecular weight excluding hydrogens is 377 g/mol. The highest BCUT2D eigenvalue weighted by Gasteiger charge is 2.17. The maximum atomic E-state index is 14.2. The molecule has 0 aliphatic heterocycles. The van der Waals surface area contributed by atoms with Gasteiger partial charge in [0.15, 0.2) is 5.69 Å². The summed E-state index contributed by atoms with van der Waals surface area (Å²) in [7, 11) is 0. The fraction of sp³-hybridized carbons (Fsp3) is 0.0526. The summed E-state index contributed by atoms with van der Waals surface area (Å²) in [6.45, 7) is 1.61. The Kier molecular flexibility index (Phi) is 4.65. The van der Waals surface area contributed by atoms with Gasteiger partial charge < -0.3 is 5.32 Å². The molecule has 10 heteroatoms. The maximum Gasteiger partial charge on any atom is 0.280 e. The van der Waals surface area contributed by atoms with Gasteiger partial charge in [0.05, 0.1) is 5.69 Å². The number of carbonyl (C=O) groups is 1. The molecule has 0 unspecified atom stereocenters. The van der Waals surface area contributed by atoms with Gasteiger partial charge in [0, 0.05) is 17.4 Å². The number of benzene rings is 2. The number of rotatable bonds is 4. The topological polar surface area (TPSA) is 108 Å². The molecule has 0 aliphatic carbocycles. The molecule has 2 heterocycles. The maximum absolute atomic E-state index is 14.2. The highest BCUT2D eigenvalue weighted by Crippen LogP contribution is 2.15. The summed E-state index contributed by atoms with van der Waals surface area (Å²) in [5.41, 5.74) is 0.656. The lowest BCUT2D eigenvalue weighted by Crippen LogP contribution is -2.27. The largest absolute Gasteiger partial charge is 0.320 e. The summed E-state index contributed by atoms with van der Waals surface area (Å²) in [6.07, 6.45) is 1.41. The molecule has 4 rings (SSSR count). The molecule has 2 aromatic heterocycles. The van der Waals surface area contributed by atoms with Gasteiger partial charge in [-0.3, -0.25) is 9.59 Å². The zero-order valence-electron chi connectivity index (χ0n) is 15.2. The lowest BCUT2D eigenvalue weighted by Gasteiger charge is -2.12. The van der Waals surface area contributed by atoms with E-state index in [9.17, 15) is 14.0 Å². The summed E-state index contributed by atoms with van der Waals surface area (Å²) in [5, 5.41) is 17.6. The minimum Gasteiger partial charge on any atom is -0.320 e. The quantitative estimate of drug-likeness (QED) is 0.569. The van der Waals surface area contributed by atoms with Gasteiger partial charge in [0.1, 0.15) is 17.8 Å². The Morgan fingerprint density at radius 2 is 1.93 bits per heavy atom. The number of nitrogens with zero attached hydrogens (tertiary/aromatic N) is 6. The number of para-hydroxylation sites is 1. The lowest BCUT2D eigenvalue weighted by molar-refractivity contribution is 0.101. The molecule has 0 saturated heterocycles. The van der Waals surface area contributed by atoms with Crippen LogP contribution in [-0.2, 0) is 0 Å². The summed E-state index contributed by atoms with van der Waals surface area (Å²) < 4.78 is 16.8. The molecule has 29 heavy (non-hydrogen) atoms. The van der Waals surface area contributed by atoms with Crippen molar-refractivity contribution in [2.45, 2.75) is 6.92 Å². The fourth-order valence-corrected chi connectivity index (χ4v) is 2.77. The standard InChI is InChI=1S/C19H14FN7O2/c1-12-9-17(28)18(23-27(12)16-8-3-2-7-15(16)20)19(29)22-13-5-4-6-14(10-13)26-11-21-24-25-26/h2-11H,1H3,(H,22,29). The van der Waals surface area contributed by atoms with Crippen molar-refractivity contribution in [3.8, 4) is 11.4 Å². The second-order valence-electron chi connectivity index (χ2n) is 6.12. The number of amides is 1. The van der Waals surface area contributed by atoms with Crippen molar-refractivity contribution >= 4 is 11.6 Å². The molecule has 0 spiro atoms. The molecule has 4 aromatic rings. The number of aromatic nitrogens is 6. The van der Waals surface area contributed by atoms with Crippen LogP contribution >= 0.6 is 0 Å². The molecule has 2 aromatic carbocycles. The summed E-state index contributed by atoms with van der Waals surface area (Å²) in [5.74, 6) is -1.23. The van der Waals surface area contributed by atoms with Crippen LogP contribution < -0.4 is 10.7 Å². The minimum atomic E-state index is -0.714. The second-order valence-corrected chi connectivity index (χ2v) is 6.12. The van der Waals surface area contributed by atoms with Gasteiger partial charge in [-0.1, -0.05) is 18.2 Å². The van der Waals surface area contributed by atoms with Crippen molar-refractivity contribution in [1.82, 2.24) is 30.0 Å². The predicted octanol–water partition coefficient (Wildman–Crippen LogP) is 1.91. The van der Waals surface area contributed by atoms with Gasteiger partial charge >= 0.3 is 0 Å². The van der Waals surface area contributed by atoms with Gasteiger partial charge in [-0.25, -0.2) is 13.8 Å². The monoisotopic (exact) mass is 391 g/mol. The summed E-state index contributed by atoms with van der Waals surface area (Å²) >= 11 is 0. The summed E-state index contributed by atoms with van der Waals surface area (Å²) in [4.78, 5) is 25.0. The molecule has 1 N–H and O–H groups in total. The number of tetrazole rings is 1. The van der Waals surface area contributed by atoms with E-state index in [4.69, 9.17) is 0 Å². The van der Waals surface area contributed by atoms with Crippen LogP contribution in [0.4, 0.5) is 10.1 Å². The van der Waals surface area contributed by atoms with Gasteiger partial charge in [-0.05, 0) is 47.7 Å². The second kappa shape index (κ2) is 7.43. The predicted molar refractivity (Wildman–Crippen MR) is 102 cm³/mol. The molecule has 0 bridgehead atoms. The van der Waals surface area contributed by atoms with Crippen LogP contribution in [0.1, 0.15) is 16.2 Å². The van der Waals surface area contributed by atoms with Crippen LogP contribution in [0.3, 0.4) is 0 Å². The Labute approximate surface area is 163 Å². The van der Waals surface area contributed by atoms with Gasteiger partial charge in [0.2, 0.25) is 5.43 Å². The molecule has 0 aliphatic rings. The van der Waals surface area contributed by atoms with Gasteiger partial charge in [-0.15, -0.1) is 5.10 Å². The Morgan fingerprint density at radius 1 is 1.10 bits per heavy atom. The first-order valence-electron chi connectivity index (χ1n) is 8.53. The number of carbonyl (C=O) groups excluding carboxylic acids is 1. The lowest BCUT2D eigenvalue weighted by atomic mass is 10.2.